The van der Waals surface area contributed by atoms with E-state index in [0.29, 0.717) is 24.7 Å². The van der Waals surface area contributed by atoms with Gasteiger partial charge in [-0.05, 0) is 42.7 Å². The standard InChI is InChI=1S/C20H25NO4S/c1-14(2)20(21-26(22,23)17-8-5-15(3)6-9-17)16-7-10-18-19(13-16)25-12-4-11-24-18/h5-10,13-14,20-21H,4,11-12H2,1-3H3. The van der Waals surface area contributed by atoms with Gasteiger partial charge in [0.05, 0.1) is 18.1 Å². The van der Waals surface area contributed by atoms with Crippen LogP contribution in [-0.4, -0.2) is 21.6 Å². The Morgan fingerprint density at radius 2 is 1.62 bits per heavy atom. The lowest BCUT2D eigenvalue weighted by molar-refractivity contribution is 0.297. The average Bonchev–Trinajstić information content (AvgIpc) is 2.84. The van der Waals surface area contributed by atoms with Crippen LogP contribution in [0.1, 0.15) is 37.4 Å². The van der Waals surface area contributed by atoms with Crippen LogP contribution in [-0.2, 0) is 10.0 Å². The van der Waals surface area contributed by atoms with Crippen LogP contribution in [0, 0.1) is 12.8 Å². The van der Waals surface area contributed by atoms with Gasteiger partial charge in [-0.2, -0.15) is 0 Å². The van der Waals surface area contributed by atoms with Gasteiger partial charge in [-0.15, -0.1) is 0 Å². The lowest BCUT2D eigenvalue weighted by atomic mass is 9.97. The molecule has 1 aliphatic rings. The molecule has 2 aromatic carbocycles. The van der Waals surface area contributed by atoms with E-state index in [0.717, 1.165) is 17.5 Å². The fourth-order valence-electron chi connectivity index (χ4n) is 2.91. The monoisotopic (exact) mass is 375 g/mol. The summed E-state index contributed by atoms with van der Waals surface area (Å²) in [5.41, 5.74) is 1.88. The van der Waals surface area contributed by atoms with Crippen LogP contribution in [0.3, 0.4) is 0 Å². The van der Waals surface area contributed by atoms with Crippen LogP contribution in [0.2, 0.25) is 0 Å². The molecule has 26 heavy (non-hydrogen) atoms. The minimum Gasteiger partial charge on any atom is -0.490 e. The molecule has 1 atom stereocenters. The summed E-state index contributed by atoms with van der Waals surface area (Å²) < 4.78 is 39.9. The molecule has 0 spiro atoms. The van der Waals surface area contributed by atoms with Crippen molar-refractivity contribution < 1.29 is 17.9 Å². The summed E-state index contributed by atoms with van der Waals surface area (Å²) in [4.78, 5) is 0.267. The third kappa shape index (κ3) is 4.19. The highest BCUT2D eigenvalue weighted by Crippen LogP contribution is 2.34. The average molecular weight is 375 g/mol. The first kappa shape index (κ1) is 18.7. The van der Waals surface area contributed by atoms with Crippen molar-refractivity contribution in [2.45, 2.75) is 38.1 Å². The van der Waals surface area contributed by atoms with E-state index in [4.69, 9.17) is 9.47 Å². The molecule has 1 N–H and O–H groups in total. The number of sulfonamides is 1. The Bertz CT molecular complexity index is 860. The van der Waals surface area contributed by atoms with E-state index in [1.807, 2.05) is 39.0 Å². The van der Waals surface area contributed by atoms with E-state index >= 15 is 0 Å². The second-order valence-corrected chi connectivity index (χ2v) is 8.63. The summed E-state index contributed by atoms with van der Waals surface area (Å²) in [6.45, 7) is 7.13. The van der Waals surface area contributed by atoms with E-state index in [9.17, 15) is 8.42 Å². The van der Waals surface area contributed by atoms with Crippen molar-refractivity contribution in [2.24, 2.45) is 5.92 Å². The lowest BCUT2D eigenvalue weighted by Gasteiger charge is -2.23. The van der Waals surface area contributed by atoms with Crippen molar-refractivity contribution in [3.8, 4) is 11.5 Å². The van der Waals surface area contributed by atoms with E-state index in [1.54, 1.807) is 24.3 Å². The first-order valence-corrected chi connectivity index (χ1v) is 10.3. The molecular weight excluding hydrogens is 350 g/mol. The molecule has 0 aromatic heterocycles. The van der Waals surface area contributed by atoms with Crippen molar-refractivity contribution in [2.75, 3.05) is 13.2 Å². The molecule has 2 aromatic rings. The van der Waals surface area contributed by atoms with E-state index < -0.39 is 10.0 Å². The molecule has 1 aliphatic heterocycles. The zero-order valence-electron chi connectivity index (χ0n) is 15.4. The number of fused-ring (bicyclic) bond motifs is 1. The Labute approximate surface area is 155 Å². The third-order valence-corrected chi connectivity index (χ3v) is 5.87. The number of hydrogen-bond acceptors (Lipinski definition) is 4. The van der Waals surface area contributed by atoms with E-state index in [2.05, 4.69) is 4.72 Å². The topological polar surface area (TPSA) is 64.6 Å². The molecule has 0 saturated heterocycles. The van der Waals surface area contributed by atoms with Crippen molar-refractivity contribution in [1.82, 2.24) is 4.72 Å². The van der Waals surface area contributed by atoms with Crippen LogP contribution in [0.25, 0.3) is 0 Å². The summed E-state index contributed by atoms with van der Waals surface area (Å²) in [5.74, 6) is 1.44. The molecule has 140 valence electrons. The van der Waals surface area contributed by atoms with Crippen molar-refractivity contribution in [1.29, 1.82) is 0 Å². The first-order chi connectivity index (χ1) is 12.4. The Morgan fingerprint density at radius 1 is 0.962 bits per heavy atom. The quantitative estimate of drug-likeness (QED) is 0.863. The Balaban J connectivity index is 1.90. The summed E-state index contributed by atoms with van der Waals surface area (Å²) in [5, 5.41) is 0. The molecule has 6 heteroatoms. The molecule has 0 fully saturated rings. The molecule has 0 amide bonds. The van der Waals surface area contributed by atoms with Gasteiger partial charge >= 0.3 is 0 Å². The molecule has 0 bridgehead atoms. The summed E-state index contributed by atoms with van der Waals surface area (Å²) in [7, 11) is -3.62. The molecule has 1 heterocycles. The van der Waals surface area contributed by atoms with Crippen LogP contribution in [0.4, 0.5) is 0 Å². The van der Waals surface area contributed by atoms with Gasteiger partial charge in [-0.3, -0.25) is 0 Å². The SMILES string of the molecule is Cc1ccc(S(=O)(=O)NC(c2ccc3c(c2)OCCCO3)C(C)C)cc1. The highest BCUT2D eigenvalue weighted by atomic mass is 32.2. The smallest absolute Gasteiger partial charge is 0.241 e. The fraction of sp³-hybridized carbons (Fsp3) is 0.400. The number of aryl methyl sites for hydroxylation is 1. The first-order valence-electron chi connectivity index (χ1n) is 8.85. The fourth-order valence-corrected chi connectivity index (χ4v) is 4.29. The molecule has 0 aliphatic carbocycles. The van der Waals surface area contributed by atoms with E-state index in [-0.39, 0.29) is 16.9 Å². The molecular formula is C20H25NO4S. The number of ether oxygens (including phenoxy) is 2. The Morgan fingerprint density at radius 3 is 2.27 bits per heavy atom. The van der Waals surface area contributed by atoms with E-state index in [1.165, 1.54) is 0 Å². The van der Waals surface area contributed by atoms with Gasteiger partial charge in [0.2, 0.25) is 10.0 Å². The van der Waals surface area contributed by atoms with Gasteiger partial charge in [0.25, 0.3) is 0 Å². The van der Waals surface area contributed by atoms with Crippen LogP contribution < -0.4 is 14.2 Å². The third-order valence-electron chi connectivity index (χ3n) is 4.41. The zero-order chi connectivity index (χ0) is 18.7. The number of hydrogen-bond donors (Lipinski definition) is 1. The second-order valence-electron chi connectivity index (χ2n) is 6.91. The van der Waals surface area contributed by atoms with Gasteiger partial charge in [0.15, 0.2) is 11.5 Å². The number of nitrogens with one attached hydrogen (secondary N) is 1. The summed E-state index contributed by atoms with van der Waals surface area (Å²) in [6, 6.07) is 12.1. The molecule has 1 unspecified atom stereocenters. The Hall–Kier alpha value is -2.05. The van der Waals surface area contributed by atoms with Gasteiger partial charge in [-0.25, -0.2) is 13.1 Å². The van der Waals surface area contributed by atoms with Gasteiger partial charge in [0.1, 0.15) is 0 Å². The predicted molar refractivity (Wildman–Crippen MR) is 101 cm³/mol. The van der Waals surface area contributed by atoms with Gasteiger partial charge < -0.3 is 9.47 Å². The van der Waals surface area contributed by atoms with Crippen molar-refractivity contribution in [3.05, 3.63) is 53.6 Å². The maximum absolute atomic E-state index is 12.8. The molecule has 0 radical (unpaired) electrons. The lowest BCUT2D eigenvalue weighted by Crippen LogP contribution is -2.31. The summed E-state index contributed by atoms with van der Waals surface area (Å²) in [6.07, 6.45) is 0.831. The maximum Gasteiger partial charge on any atom is 0.241 e. The predicted octanol–water partition coefficient (Wildman–Crippen LogP) is 3.83. The molecule has 3 rings (SSSR count). The largest absolute Gasteiger partial charge is 0.490 e. The summed E-state index contributed by atoms with van der Waals surface area (Å²) >= 11 is 0. The van der Waals surface area contributed by atoms with Crippen molar-refractivity contribution >= 4 is 10.0 Å². The second kappa shape index (κ2) is 7.68. The van der Waals surface area contributed by atoms with Gasteiger partial charge in [-0.1, -0.05) is 37.6 Å². The maximum atomic E-state index is 12.8. The minimum atomic E-state index is -3.62. The van der Waals surface area contributed by atoms with Crippen molar-refractivity contribution in [3.63, 3.8) is 0 Å². The molecule has 0 saturated carbocycles. The zero-order valence-corrected chi connectivity index (χ0v) is 16.2. The van der Waals surface area contributed by atoms with Crippen LogP contribution in [0.5, 0.6) is 11.5 Å². The Kier molecular flexibility index (Phi) is 5.53. The highest BCUT2D eigenvalue weighted by Gasteiger charge is 2.25. The normalized spacial score (nSPS) is 15.5. The minimum absolute atomic E-state index is 0.0694. The van der Waals surface area contributed by atoms with Crippen LogP contribution in [0.15, 0.2) is 47.4 Å². The number of rotatable bonds is 5. The van der Waals surface area contributed by atoms with Gasteiger partial charge in [0, 0.05) is 12.5 Å². The highest BCUT2D eigenvalue weighted by molar-refractivity contribution is 7.89. The molecule has 5 nitrogen and oxygen atoms in total. The van der Waals surface area contributed by atoms with Crippen LogP contribution >= 0.6 is 0 Å². The number of benzene rings is 2.